The maximum atomic E-state index is 11.8. The van der Waals surface area contributed by atoms with E-state index in [0.717, 1.165) is 27.8 Å². The van der Waals surface area contributed by atoms with Gasteiger partial charge in [-0.3, -0.25) is 4.79 Å². The fourth-order valence-electron chi connectivity index (χ4n) is 2.02. The van der Waals surface area contributed by atoms with E-state index in [-0.39, 0.29) is 12.5 Å². The van der Waals surface area contributed by atoms with Crippen molar-refractivity contribution in [3.63, 3.8) is 0 Å². The molecule has 2 aromatic rings. The lowest BCUT2D eigenvalue weighted by Gasteiger charge is -2.08. The van der Waals surface area contributed by atoms with Crippen LogP contribution in [0, 0.1) is 6.92 Å². The minimum Gasteiger partial charge on any atom is -0.493 e. The summed E-state index contributed by atoms with van der Waals surface area (Å²) in [5.74, 6) is 1.05. The van der Waals surface area contributed by atoms with Gasteiger partial charge in [-0.1, -0.05) is 35.0 Å². The van der Waals surface area contributed by atoms with Crippen LogP contribution in [0.5, 0.6) is 11.5 Å². The minimum atomic E-state index is -0.330. The molecule has 0 radical (unpaired) electrons. The van der Waals surface area contributed by atoms with E-state index >= 15 is 0 Å². The van der Waals surface area contributed by atoms with Crippen molar-refractivity contribution in [2.75, 3.05) is 13.2 Å². The monoisotopic (exact) mass is 404 g/mol. The van der Waals surface area contributed by atoms with Gasteiger partial charge in [0.15, 0.2) is 6.61 Å². The maximum Gasteiger partial charge on any atom is 0.277 e. The Bertz CT molecular complexity index is 747. The summed E-state index contributed by atoms with van der Waals surface area (Å²) < 4.78 is 12.0. The van der Waals surface area contributed by atoms with Gasteiger partial charge in [0.1, 0.15) is 11.5 Å². The number of hydrazone groups is 1. The van der Waals surface area contributed by atoms with Gasteiger partial charge in [-0.25, -0.2) is 5.43 Å². The van der Waals surface area contributed by atoms with Crippen LogP contribution in [0.3, 0.4) is 0 Å². The van der Waals surface area contributed by atoms with Crippen LogP contribution in [0.25, 0.3) is 0 Å². The Hall–Kier alpha value is -2.34. The molecule has 5 nitrogen and oxygen atoms in total. The Balaban J connectivity index is 1.89. The highest BCUT2D eigenvalue weighted by Crippen LogP contribution is 2.22. The van der Waals surface area contributed by atoms with Crippen LogP contribution in [0.4, 0.5) is 0 Å². The van der Waals surface area contributed by atoms with E-state index in [1.165, 1.54) is 0 Å². The molecular formula is C19H21BrN2O3. The molecule has 0 saturated heterocycles. The SMILES string of the molecule is CCCOc1ccc(Br)cc1/C=N/NC(=O)COc1cccc(C)c1. The molecule has 0 aromatic heterocycles. The molecule has 0 aliphatic carbocycles. The van der Waals surface area contributed by atoms with Crippen molar-refractivity contribution in [1.82, 2.24) is 5.43 Å². The summed E-state index contributed by atoms with van der Waals surface area (Å²) in [5, 5.41) is 3.98. The van der Waals surface area contributed by atoms with E-state index < -0.39 is 0 Å². The summed E-state index contributed by atoms with van der Waals surface area (Å²) in [4.78, 5) is 11.8. The van der Waals surface area contributed by atoms with E-state index in [4.69, 9.17) is 9.47 Å². The third-order valence-corrected chi connectivity index (χ3v) is 3.68. The van der Waals surface area contributed by atoms with E-state index in [1.807, 2.05) is 56.3 Å². The predicted octanol–water partition coefficient (Wildman–Crippen LogP) is 4.08. The third kappa shape index (κ3) is 6.58. The maximum absolute atomic E-state index is 11.8. The first-order chi connectivity index (χ1) is 12.1. The second-order valence-electron chi connectivity index (χ2n) is 5.43. The summed E-state index contributed by atoms with van der Waals surface area (Å²) in [6, 6.07) is 13.2. The molecule has 0 fully saturated rings. The van der Waals surface area contributed by atoms with E-state index in [0.29, 0.717) is 12.4 Å². The fourth-order valence-corrected chi connectivity index (χ4v) is 2.40. The standard InChI is InChI=1S/C19H21BrN2O3/c1-3-9-24-18-8-7-16(20)11-15(18)12-21-22-19(23)13-25-17-6-4-5-14(2)10-17/h4-8,10-12H,3,9,13H2,1-2H3,(H,22,23)/b21-12+. The molecule has 0 aliphatic heterocycles. The Morgan fingerprint density at radius 1 is 1.24 bits per heavy atom. The van der Waals surface area contributed by atoms with Crippen LogP contribution in [0.2, 0.25) is 0 Å². The summed E-state index contributed by atoms with van der Waals surface area (Å²) in [5.41, 5.74) is 4.31. The van der Waals surface area contributed by atoms with Gasteiger partial charge in [-0.05, 0) is 49.2 Å². The summed E-state index contributed by atoms with van der Waals surface area (Å²) in [7, 11) is 0. The average Bonchev–Trinajstić information content (AvgIpc) is 2.59. The number of halogens is 1. The second kappa shape index (κ2) is 9.84. The Kier molecular flexibility index (Phi) is 7.47. The van der Waals surface area contributed by atoms with Crippen LogP contribution in [-0.2, 0) is 4.79 Å². The first-order valence-electron chi connectivity index (χ1n) is 8.02. The van der Waals surface area contributed by atoms with Gasteiger partial charge in [0.25, 0.3) is 5.91 Å². The molecule has 2 rings (SSSR count). The molecule has 1 N–H and O–H groups in total. The smallest absolute Gasteiger partial charge is 0.277 e. The molecule has 0 spiro atoms. The molecule has 0 aliphatic rings. The molecule has 0 atom stereocenters. The number of ether oxygens (including phenoxy) is 2. The largest absolute Gasteiger partial charge is 0.493 e. The van der Waals surface area contributed by atoms with Crippen molar-refractivity contribution in [1.29, 1.82) is 0 Å². The number of benzene rings is 2. The first kappa shape index (κ1) is 19.0. The van der Waals surface area contributed by atoms with Gasteiger partial charge in [0.05, 0.1) is 12.8 Å². The lowest BCUT2D eigenvalue weighted by molar-refractivity contribution is -0.123. The normalized spacial score (nSPS) is 10.7. The van der Waals surface area contributed by atoms with Crippen LogP contribution >= 0.6 is 15.9 Å². The zero-order chi connectivity index (χ0) is 18.1. The fraction of sp³-hybridized carbons (Fsp3) is 0.263. The molecule has 0 unspecified atom stereocenters. The van der Waals surface area contributed by atoms with Gasteiger partial charge in [-0.2, -0.15) is 5.10 Å². The van der Waals surface area contributed by atoms with Crippen molar-refractivity contribution in [3.05, 3.63) is 58.1 Å². The number of amides is 1. The van der Waals surface area contributed by atoms with Gasteiger partial charge >= 0.3 is 0 Å². The van der Waals surface area contributed by atoms with Gasteiger partial charge in [0.2, 0.25) is 0 Å². The van der Waals surface area contributed by atoms with Gasteiger partial charge < -0.3 is 9.47 Å². The van der Waals surface area contributed by atoms with Crippen molar-refractivity contribution >= 4 is 28.1 Å². The number of hydrogen-bond acceptors (Lipinski definition) is 4. The molecular weight excluding hydrogens is 384 g/mol. The number of carbonyl (C=O) groups excluding carboxylic acids is 1. The van der Waals surface area contributed by atoms with Crippen molar-refractivity contribution in [2.24, 2.45) is 5.10 Å². The Morgan fingerprint density at radius 2 is 2.08 bits per heavy atom. The number of hydrogen-bond donors (Lipinski definition) is 1. The number of nitrogens with one attached hydrogen (secondary N) is 1. The van der Waals surface area contributed by atoms with E-state index in [9.17, 15) is 4.79 Å². The highest BCUT2D eigenvalue weighted by atomic mass is 79.9. The first-order valence-corrected chi connectivity index (χ1v) is 8.81. The van der Waals surface area contributed by atoms with E-state index in [2.05, 4.69) is 26.5 Å². The number of carbonyl (C=O) groups is 1. The van der Waals surface area contributed by atoms with Crippen LogP contribution in [0.1, 0.15) is 24.5 Å². The van der Waals surface area contributed by atoms with Crippen LogP contribution in [-0.4, -0.2) is 25.3 Å². The Labute approximate surface area is 156 Å². The van der Waals surface area contributed by atoms with Crippen molar-refractivity contribution in [2.45, 2.75) is 20.3 Å². The van der Waals surface area contributed by atoms with Crippen molar-refractivity contribution < 1.29 is 14.3 Å². The minimum absolute atomic E-state index is 0.0987. The van der Waals surface area contributed by atoms with Gasteiger partial charge in [0, 0.05) is 10.0 Å². The predicted molar refractivity (Wildman–Crippen MR) is 102 cm³/mol. The average molecular weight is 405 g/mol. The zero-order valence-electron chi connectivity index (χ0n) is 14.3. The molecule has 6 heteroatoms. The third-order valence-electron chi connectivity index (χ3n) is 3.19. The zero-order valence-corrected chi connectivity index (χ0v) is 15.9. The quantitative estimate of drug-likeness (QED) is 0.532. The number of aryl methyl sites for hydroxylation is 1. The lowest BCUT2D eigenvalue weighted by Crippen LogP contribution is -2.24. The second-order valence-corrected chi connectivity index (χ2v) is 6.34. The van der Waals surface area contributed by atoms with Crippen molar-refractivity contribution in [3.8, 4) is 11.5 Å². The summed E-state index contributed by atoms with van der Waals surface area (Å²) >= 11 is 3.42. The lowest BCUT2D eigenvalue weighted by atomic mass is 10.2. The van der Waals surface area contributed by atoms with Crippen LogP contribution < -0.4 is 14.9 Å². The molecule has 2 aromatic carbocycles. The Morgan fingerprint density at radius 3 is 2.84 bits per heavy atom. The molecule has 0 bridgehead atoms. The molecule has 0 heterocycles. The highest BCUT2D eigenvalue weighted by molar-refractivity contribution is 9.10. The van der Waals surface area contributed by atoms with E-state index in [1.54, 1.807) is 6.21 Å². The number of nitrogens with zero attached hydrogens (tertiary/aromatic N) is 1. The molecule has 1 amide bonds. The van der Waals surface area contributed by atoms with Gasteiger partial charge in [-0.15, -0.1) is 0 Å². The van der Waals surface area contributed by atoms with Crippen LogP contribution in [0.15, 0.2) is 52.0 Å². The topological polar surface area (TPSA) is 59.9 Å². The summed E-state index contributed by atoms with van der Waals surface area (Å²) in [6.07, 6.45) is 2.47. The molecule has 0 saturated carbocycles. The highest BCUT2D eigenvalue weighted by Gasteiger charge is 2.04. The molecule has 25 heavy (non-hydrogen) atoms. The summed E-state index contributed by atoms with van der Waals surface area (Å²) in [6.45, 7) is 4.53. The molecule has 132 valence electrons. The number of rotatable bonds is 8.